The van der Waals surface area contributed by atoms with Crippen molar-refractivity contribution in [2.45, 2.75) is 5.22 Å². The molecule has 2 rings (SSSR count). The third-order valence-electron chi connectivity index (χ3n) is 2.17. The number of rotatable bonds is 5. The van der Waals surface area contributed by atoms with Gasteiger partial charge in [0.05, 0.1) is 0 Å². The van der Waals surface area contributed by atoms with Gasteiger partial charge in [-0.15, -0.1) is 5.10 Å². The topological polar surface area (TPSA) is 82.3 Å². The van der Waals surface area contributed by atoms with Gasteiger partial charge in [-0.25, -0.2) is 12.8 Å². The Hall–Kier alpha value is -1.96. The molecule has 8 heteroatoms. The van der Waals surface area contributed by atoms with Crippen molar-refractivity contribution in [2.24, 2.45) is 0 Å². The summed E-state index contributed by atoms with van der Waals surface area (Å²) in [5.74, 6) is 0.599. The van der Waals surface area contributed by atoms with Crippen molar-refractivity contribution in [1.29, 1.82) is 0 Å². The van der Waals surface area contributed by atoms with Crippen LogP contribution in [0, 0.1) is 0 Å². The summed E-state index contributed by atoms with van der Waals surface area (Å²) in [6, 6.07) is 6.45. The molecule has 1 aromatic heterocycles. The maximum atomic E-state index is 11.9. The number of sulfone groups is 1. The lowest BCUT2D eigenvalue weighted by atomic mass is 10.2. The summed E-state index contributed by atoms with van der Waals surface area (Å²) in [6.07, 6.45) is 0.984. The highest BCUT2D eigenvalue weighted by Gasteiger charge is 2.17. The minimum Gasteiger partial charge on any atom is -0.491 e. The van der Waals surface area contributed by atoms with Crippen LogP contribution in [0.3, 0.4) is 0 Å². The fourth-order valence-corrected chi connectivity index (χ4v) is 1.75. The van der Waals surface area contributed by atoms with Gasteiger partial charge in [-0.2, -0.15) is 0 Å². The summed E-state index contributed by atoms with van der Waals surface area (Å²) in [7, 11) is -3.52. The van der Waals surface area contributed by atoms with Crippen LogP contribution in [0.1, 0.15) is 0 Å². The van der Waals surface area contributed by atoms with Crippen LogP contribution in [0.15, 0.2) is 33.9 Å². The van der Waals surface area contributed by atoms with Gasteiger partial charge in [-0.3, -0.25) is 0 Å². The summed E-state index contributed by atoms with van der Waals surface area (Å²) in [5.41, 5.74) is 0.551. The normalized spacial score (nSPS) is 11.5. The van der Waals surface area contributed by atoms with Crippen LogP contribution < -0.4 is 4.74 Å². The first-order chi connectivity index (χ1) is 9.00. The molecule has 1 aromatic carbocycles. The lowest BCUT2D eigenvalue weighted by Crippen LogP contribution is -1.98. The molecule has 2 aromatic rings. The molecule has 0 amide bonds. The summed E-state index contributed by atoms with van der Waals surface area (Å²) < 4.78 is 44.4. The first-order valence-corrected chi connectivity index (χ1v) is 7.22. The molecule has 0 aliphatic heterocycles. The molecule has 6 nitrogen and oxygen atoms in total. The Morgan fingerprint density at radius 3 is 2.47 bits per heavy atom. The highest BCUT2D eigenvalue weighted by molar-refractivity contribution is 7.90. The average molecular weight is 285 g/mol. The van der Waals surface area contributed by atoms with Crippen molar-refractivity contribution in [3.8, 4) is 17.2 Å². The van der Waals surface area contributed by atoms with Crippen LogP contribution in [0.25, 0.3) is 11.5 Å². The number of hydrogen-bond donors (Lipinski definition) is 0. The van der Waals surface area contributed by atoms with E-state index in [-0.39, 0.29) is 12.5 Å². The maximum Gasteiger partial charge on any atom is 0.335 e. The lowest BCUT2D eigenvalue weighted by molar-refractivity contribution is 0.273. The molecule has 0 saturated heterocycles. The molecule has 0 saturated carbocycles. The molecular formula is C11H11FN2O4S. The van der Waals surface area contributed by atoms with Crippen molar-refractivity contribution in [1.82, 2.24) is 10.2 Å². The van der Waals surface area contributed by atoms with Crippen molar-refractivity contribution < 1.29 is 22.0 Å². The number of halogens is 1. The predicted octanol–water partition coefficient (Wildman–Crippen LogP) is 1.49. The SMILES string of the molecule is CS(=O)(=O)c1nnc(-c2ccc(OCC[18F])cc2)o1. The summed E-state index contributed by atoms with van der Waals surface area (Å²) in [4.78, 5) is 0. The third kappa shape index (κ3) is 3.28. The van der Waals surface area contributed by atoms with Gasteiger partial charge < -0.3 is 9.15 Å². The second-order valence-electron chi connectivity index (χ2n) is 3.71. The highest BCUT2D eigenvalue weighted by atomic mass is 32.2. The Balaban J connectivity index is 2.20. The number of ether oxygens (including phenoxy) is 1. The van der Waals surface area contributed by atoms with Gasteiger partial charge in [-0.1, -0.05) is 5.10 Å². The second kappa shape index (κ2) is 5.35. The predicted molar refractivity (Wildman–Crippen MR) is 64.3 cm³/mol. The third-order valence-corrected chi connectivity index (χ3v) is 2.97. The largest absolute Gasteiger partial charge is 0.491 e. The molecule has 1 heterocycles. The van der Waals surface area contributed by atoms with Gasteiger partial charge in [0.2, 0.25) is 15.7 Å². The van der Waals surface area contributed by atoms with Crippen LogP contribution in [-0.2, 0) is 9.84 Å². The molecule has 0 aliphatic rings. The molecule has 0 unspecified atom stereocenters. The van der Waals surface area contributed by atoms with Crippen molar-refractivity contribution in [3.05, 3.63) is 24.3 Å². The Kier molecular flexibility index (Phi) is 3.79. The van der Waals surface area contributed by atoms with Crippen molar-refractivity contribution >= 4 is 9.84 Å². The zero-order chi connectivity index (χ0) is 13.9. The van der Waals surface area contributed by atoms with Gasteiger partial charge in [0.15, 0.2) is 0 Å². The Morgan fingerprint density at radius 1 is 1.26 bits per heavy atom. The van der Waals surface area contributed by atoms with E-state index in [0.29, 0.717) is 11.3 Å². The van der Waals surface area contributed by atoms with Crippen LogP contribution in [0.5, 0.6) is 5.75 Å². The van der Waals surface area contributed by atoms with E-state index >= 15 is 0 Å². The summed E-state index contributed by atoms with van der Waals surface area (Å²) in [6.45, 7) is -0.582. The van der Waals surface area contributed by atoms with E-state index in [4.69, 9.17) is 9.15 Å². The minimum atomic E-state index is -3.52. The molecule has 0 aliphatic carbocycles. The zero-order valence-corrected chi connectivity index (χ0v) is 10.9. The quantitative estimate of drug-likeness (QED) is 0.827. The summed E-state index contributed by atoms with van der Waals surface area (Å²) >= 11 is 0. The van der Waals surface area contributed by atoms with E-state index in [1.54, 1.807) is 24.3 Å². The molecule has 0 N–H and O–H groups in total. The Labute approximate surface area is 109 Å². The molecule has 0 fully saturated rings. The van der Waals surface area contributed by atoms with Gasteiger partial charge in [0.25, 0.3) is 0 Å². The summed E-state index contributed by atoms with van der Waals surface area (Å²) in [5, 5.41) is 6.67. The molecule has 0 radical (unpaired) electrons. The molecule has 0 atom stereocenters. The average Bonchev–Trinajstić information content (AvgIpc) is 2.86. The van der Waals surface area contributed by atoms with Crippen LogP contribution in [0.4, 0.5) is 4.39 Å². The van der Waals surface area contributed by atoms with Gasteiger partial charge in [0, 0.05) is 11.8 Å². The Bertz CT molecular complexity index is 652. The van der Waals surface area contributed by atoms with E-state index in [1.807, 2.05) is 0 Å². The number of benzene rings is 1. The van der Waals surface area contributed by atoms with E-state index in [1.165, 1.54) is 0 Å². The molecule has 19 heavy (non-hydrogen) atoms. The smallest absolute Gasteiger partial charge is 0.335 e. The minimum absolute atomic E-state index is 0.0157. The van der Waals surface area contributed by atoms with Crippen molar-refractivity contribution in [2.75, 3.05) is 19.5 Å². The van der Waals surface area contributed by atoms with Crippen LogP contribution in [0.2, 0.25) is 0 Å². The van der Waals surface area contributed by atoms with Gasteiger partial charge in [-0.05, 0) is 24.3 Å². The van der Waals surface area contributed by atoms with Crippen molar-refractivity contribution in [3.63, 3.8) is 0 Å². The van der Waals surface area contributed by atoms with E-state index in [9.17, 15) is 12.8 Å². The first kappa shape index (κ1) is 13.5. The van der Waals surface area contributed by atoms with Gasteiger partial charge in [0.1, 0.15) is 19.0 Å². The van der Waals surface area contributed by atoms with E-state index in [2.05, 4.69) is 10.2 Å². The fraction of sp³-hybridized carbons (Fsp3) is 0.273. The Morgan fingerprint density at radius 2 is 1.95 bits per heavy atom. The molecular weight excluding hydrogens is 274 g/mol. The number of nitrogens with zero attached hydrogens (tertiary/aromatic N) is 2. The number of aromatic nitrogens is 2. The van der Waals surface area contributed by atoms with Crippen LogP contribution in [-0.4, -0.2) is 38.2 Å². The zero-order valence-electron chi connectivity index (χ0n) is 10.0. The number of hydrogen-bond acceptors (Lipinski definition) is 6. The number of alkyl halides is 1. The molecule has 0 bridgehead atoms. The van der Waals surface area contributed by atoms with E-state index < -0.39 is 21.7 Å². The maximum absolute atomic E-state index is 11.9. The molecule has 0 spiro atoms. The molecule has 102 valence electrons. The fourth-order valence-electron chi connectivity index (χ4n) is 1.33. The highest BCUT2D eigenvalue weighted by Crippen LogP contribution is 2.22. The van der Waals surface area contributed by atoms with Gasteiger partial charge >= 0.3 is 5.22 Å². The van der Waals surface area contributed by atoms with Crippen LogP contribution >= 0.6 is 0 Å². The first-order valence-electron chi connectivity index (χ1n) is 5.33. The monoisotopic (exact) mass is 285 g/mol. The van der Waals surface area contributed by atoms with E-state index in [0.717, 1.165) is 6.26 Å². The standard InChI is InChI=1S/C11H11FN2O4S/c1-19(15,16)11-14-13-10(18-11)8-2-4-9(5-3-8)17-7-6-12/h2-5H,6-7H2,1H3/i12-1. The second-order valence-corrected chi connectivity index (χ2v) is 5.60. The lowest BCUT2D eigenvalue weighted by Gasteiger charge is -2.03.